The molecule has 0 unspecified atom stereocenters. The summed E-state index contributed by atoms with van der Waals surface area (Å²) in [5.74, 6) is 0.816. The fraction of sp³-hybridized carbons (Fsp3) is 0.174. The van der Waals surface area contributed by atoms with Crippen LogP contribution in [0.2, 0.25) is 0 Å². The van der Waals surface area contributed by atoms with Crippen molar-refractivity contribution in [2.45, 2.75) is 13.1 Å². The second-order valence-electron chi connectivity index (χ2n) is 6.91. The van der Waals surface area contributed by atoms with E-state index in [-0.39, 0.29) is 5.91 Å². The highest BCUT2D eigenvalue weighted by molar-refractivity contribution is 9.10. The average molecular weight is 469 g/mol. The quantitative estimate of drug-likeness (QED) is 0.358. The van der Waals surface area contributed by atoms with Crippen LogP contribution in [0.3, 0.4) is 0 Å². The summed E-state index contributed by atoms with van der Waals surface area (Å²) in [7, 11) is 3.51. The highest BCUT2D eigenvalue weighted by Gasteiger charge is 2.22. The van der Waals surface area contributed by atoms with E-state index < -0.39 is 0 Å². The number of methoxy groups -OCH3 is 1. The summed E-state index contributed by atoms with van der Waals surface area (Å²) in [6.45, 7) is 1.16. The molecular weight excluding hydrogens is 448 g/mol. The first-order valence-electron chi connectivity index (χ1n) is 9.25. The van der Waals surface area contributed by atoms with E-state index in [0.717, 1.165) is 31.6 Å². The molecule has 0 saturated carbocycles. The van der Waals surface area contributed by atoms with Gasteiger partial charge in [0.2, 0.25) is 0 Å². The van der Waals surface area contributed by atoms with Crippen molar-refractivity contribution in [3.05, 3.63) is 87.3 Å². The van der Waals surface area contributed by atoms with Crippen molar-refractivity contribution in [1.29, 1.82) is 0 Å². The van der Waals surface area contributed by atoms with Gasteiger partial charge in [0.25, 0.3) is 5.91 Å². The molecule has 4 nitrogen and oxygen atoms in total. The average Bonchev–Trinajstić information content (AvgIpc) is 3.28. The van der Waals surface area contributed by atoms with Crippen LogP contribution in [0.1, 0.15) is 21.6 Å². The standard InChI is InChI=1S/C23H21BrN2O2S/c1-25(13-16-7-4-3-5-8-16)23(27)20-12-21-22(19(24)15-29-21)26(20)14-17-9-6-10-18(11-17)28-2/h3-12,15H,13-14H2,1-2H3. The molecule has 0 aliphatic heterocycles. The maximum absolute atomic E-state index is 13.3. The van der Waals surface area contributed by atoms with E-state index in [0.29, 0.717) is 18.8 Å². The van der Waals surface area contributed by atoms with Crippen LogP contribution in [0, 0.1) is 0 Å². The number of carbonyl (C=O) groups is 1. The second-order valence-corrected chi connectivity index (χ2v) is 8.68. The van der Waals surface area contributed by atoms with Crippen LogP contribution in [-0.4, -0.2) is 29.5 Å². The third-order valence-corrected chi connectivity index (χ3v) is 6.71. The predicted octanol–water partition coefficient (Wildman–Crippen LogP) is 5.79. The fourth-order valence-corrected chi connectivity index (χ4v) is 5.14. The summed E-state index contributed by atoms with van der Waals surface area (Å²) >= 11 is 5.29. The van der Waals surface area contributed by atoms with Crippen LogP contribution in [0.25, 0.3) is 10.2 Å². The molecule has 2 aromatic heterocycles. The maximum atomic E-state index is 13.3. The topological polar surface area (TPSA) is 34.5 Å². The van der Waals surface area contributed by atoms with Crippen molar-refractivity contribution in [2.75, 3.05) is 14.2 Å². The van der Waals surface area contributed by atoms with Crippen molar-refractivity contribution >= 4 is 43.4 Å². The number of nitrogens with zero attached hydrogens (tertiary/aromatic N) is 2. The Morgan fingerprint density at radius 1 is 1.10 bits per heavy atom. The Bertz CT molecular complexity index is 1150. The molecule has 0 N–H and O–H groups in total. The molecular formula is C23H21BrN2O2S. The van der Waals surface area contributed by atoms with Gasteiger partial charge in [-0.3, -0.25) is 4.79 Å². The number of hydrogen-bond acceptors (Lipinski definition) is 3. The second kappa shape index (κ2) is 8.43. The van der Waals surface area contributed by atoms with Gasteiger partial charge in [0.05, 0.1) is 21.8 Å². The lowest BCUT2D eigenvalue weighted by molar-refractivity contribution is 0.0775. The monoisotopic (exact) mass is 468 g/mol. The van der Waals surface area contributed by atoms with E-state index in [2.05, 4.69) is 31.9 Å². The first kappa shape index (κ1) is 19.7. The Kier molecular flexibility index (Phi) is 5.74. The SMILES string of the molecule is COc1cccc(Cn2c(C(=O)N(C)Cc3ccccc3)cc3scc(Br)c32)c1. The number of hydrogen-bond donors (Lipinski definition) is 0. The lowest BCUT2D eigenvalue weighted by atomic mass is 10.2. The molecule has 4 aromatic rings. The molecule has 6 heteroatoms. The molecule has 0 fully saturated rings. The van der Waals surface area contributed by atoms with Crippen molar-refractivity contribution in [2.24, 2.45) is 0 Å². The number of ether oxygens (including phenoxy) is 1. The van der Waals surface area contributed by atoms with Crippen LogP contribution in [0.4, 0.5) is 0 Å². The molecule has 0 aliphatic rings. The molecule has 0 atom stereocenters. The van der Waals surface area contributed by atoms with E-state index in [1.54, 1.807) is 23.3 Å². The van der Waals surface area contributed by atoms with Gasteiger partial charge in [-0.25, -0.2) is 0 Å². The van der Waals surface area contributed by atoms with Gasteiger partial charge in [-0.15, -0.1) is 11.3 Å². The lowest BCUT2D eigenvalue weighted by Crippen LogP contribution is -2.28. The normalized spacial score (nSPS) is 11.0. The summed E-state index contributed by atoms with van der Waals surface area (Å²) in [5, 5.41) is 2.06. The largest absolute Gasteiger partial charge is 0.497 e. The number of rotatable bonds is 6. The molecule has 0 aliphatic carbocycles. The first-order valence-corrected chi connectivity index (χ1v) is 10.9. The third kappa shape index (κ3) is 4.09. The molecule has 148 valence electrons. The summed E-state index contributed by atoms with van der Waals surface area (Å²) in [6, 6.07) is 20.0. The number of aromatic nitrogens is 1. The minimum Gasteiger partial charge on any atom is -0.497 e. The molecule has 2 aromatic carbocycles. The molecule has 0 saturated heterocycles. The number of amides is 1. The van der Waals surface area contributed by atoms with Crippen LogP contribution in [0.5, 0.6) is 5.75 Å². The van der Waals surface area contributed by atoms with Crippen LogP contribution < -0.4 is 4.74 Å². The molecule has 4 rings (SSSR count). The minimum atomic E-state index is 0.00653. The number of carbonyl (C=O) groups excluding carboxylic acids is 1. The van der Waals surface area contributed by atoms with E-state index >= 15 is 0 Å². The van der Waals surface area contributed by atoms with Gasteiger partial charge in [0.1, 0.15) is 11.4 Å². The maximum Gasteiger partial charge on any atom is 0.270 e. The van der Waals surface area contributed by atoms with Gasteiger partial charge in [-0.2, -0.15) is 0 Å². The molecule has 0 spiro atoms. The van der Waals surface area contributed by atoms with Crippen LogP contribution >= 0.6 is 27.3 Å². The van der Waals surface area contributed by atoms with Crippen LogP contribution in [0.15, 0.2) is 70.5 Å². The van der Waals surface area contributed by atoms with E-state index in [1.807, 2.05) is 61.6 Å². The molecule has 2 heterocycles. The number of benzene rings is 2. The zero-order valence-corrected chi connectivity index (χ0v) is 18.7. The van der Waals surface area contributed by atoms with Gasteiger partial charge in [0, 0.05) is 25.5 Å². The highest BCUT2D eigenvalue weighted by Crippen LogP contribution is 2.34. The van der Waals surface area contributed by atoms with Crippen molar-refractivity contribution in [1.82, 2.24) is 9.47 Å². The Hall–Kier alpha value is -2.57. The first-order chi connectivity index (χ1) is 14.1. The number of thiophene rings is 1. The Morgan fingerprint density at radius 3 is 2.62 bits per heavy atom. The van der Waals surface area contributed by atoms with Gasteiger partial charge in [-0.1, -0.05) is 42.5 Å². The van der Waals surface area contributed by atoms with Gasteiger partial charge >= 0.3 is 0 Å². The highest BCUT2D eigenvalue weighted by atomic mass is 79.9. The summed E-state index contributed by atoms with van der Waals surface area (Å²) in [5.41, 5.74) is 3.93. The van der Waals surface area contributed by atoms with Crippen molar-refractivity contribution in [3.8, 4) is 5.75 Å². The minimum absolute atomic E-state index is 0.00653. The third-order valence-electron chi connectivity index (χ3n) is 4.88. The van der Waals surface area contributed by atoms with Gasteiger partial charge < -0.3 is 14.2 Å². The van der Waals surface area contributed by atoms with E-state index in [4.69, 9.17) is 4.74 Å². The zero-order valence-electron chi connectivity index (χ0n) is 16.3. The van der Waals surface area contributed by atoms with E-state index in [9.17, 15) is 4.79 Å². The Labute approximate surface area is 182 Å². The van der Waals surface area contributed by atoms with Crippen LogP contribution in [-0.2, 0) is 13.1 Å². The number of halogens is 1. The van der Waals surface area contributed by atoms with Crippen molar-refractivity contribution in [3.63, 3.8) is 0 Å². The summed E-state index contributed by atoms with van der Waals surface area (Å²) in [6.07, 6.45) is 0. The Morgan fingerprint density at radius 2 is 1.86 bits per heavy atom. The predicted molar refractivity (Wildman–Crippen MR) is 122 cm³/mol. The molecule has 29 heavy (non-hydrogen) atoms. The summed E-state index contributed by atoms with van der Waals surface area (Å²) < 4.78 is 9.55. The molecule has 0 bridgehead atoms. The lowest BCUT2D eigenvalue weighted by Gasteiger charge is -2.19. The van der Waals surface area contributed by atoms with Crippen molar-refractivity contribution < 1.29 is 9.53 Å². The zero-order chi connectivity index (χ0) is 20.4. The Balaban J connectivity index is 1.70. The van der Waals surface area contributed by atoms with Gasteiger partial charge in [0.15, 0.2) is 0 Å². The van der Waals surface area contributed by atoms with Gasteiger partial charge in [-0.05, 0) is 45.3 Å². The summed E-state index contributed by atoms with van der Waals surface area (Å²) in [4.78, 5) is 15.1. The molecule has 1 amide bonds. The number of fused-ring (bicyclic) bond motifs is 1. The molecule has 0 radical (unpaired) electrons. The fourth-order valence-electron chi connectivity index (χ4n) is 3.45. The smallest absolute Gasteiger partial charge is 0.270 e. The van der Waals surface area contributed by atoms with E-state index in [1.165, 1.54) is 0 Å².